The van der Waals surface area contributed by atoms with Crippen molar-refractivity contribution in [1.82, 2.24) is 15.2 Å². The van der Waals surface area contributed by atoms with Crippen LogP contribution in [0.3, 0.4) is 0 Å². The van der Waals surface area contributed by atoms with Gasteiger partial charge in [-0.1, -0.05) is 30.7 Å². The van der Waals surface area contributed by atoms with E-state index in [1.807, 2.05) is 67.3 Å². The Morgan fingerprint density at radius 1 is 1.15 bits per heavy atom. The fraction of sp³-hybridized carbons (Fsp3) is 0.385. The molecule has 6 nitrogen and oxygen atoms in total. The fourth-order valence-electron chi connectivity index (χ4n) is 4.43. The van der Waals surface area contributed by atoms with Crippen LogP contribution in [0.2, 0.25) is 5.02 Å². The van der Waals surface area contributed by atoms with Gasteiger partial charge < -0.3 is 19.9 Å². The molecule has 4 rings (SSSR count). The molecular weight excluding hydrogens is 438 g/mol. The van der Waals surface area contributed by atoms with Gasteiger partial charge in [0.1, 0.15) is 11.4 Å². The molecule has 174 valence electrons. The predicted octanol–water partition coefficient (Wildman–Crippen LogP) is 5.02. The van der Waals surface area contributed by atoms with E-state index in [1.165, 1.54) is 0 Å². The molecule has 7 heteroatoms. The molecule has 2 aromatic carbocycles. The minimum atomic E-state index is -0.0971. The molecule has 2 heterocycles. The van der Waals surface area contributed by atoms with Crippen molar-refractivity contribution in [1.29, 1.82) is 0 Å². The van der Waals surface area contributed by atoms with Crippen LogP contribution in [-0.4, -0.2) is 41.4 Å². The van der Waals surface area contributed by atoms with Gasteiger partial charge >= 0.3 is 0 Å². The smallest absolute Gasteiger partial charge is 0.270 e. The number of nitrogens with one attached hydrogen (secondary N) is 2. The highest BCUT2D eigenvalue weighted by Gasteiger charge is 2.30. The largest absolute Gasteiger partial charge is 0.494 e. The predicted molar refractivity (Wildman–Crippen MR) is 131 cm³/mol. The van der Waals surface area contributed by atoms with Gasteiger partial charge in [0.05, 0.1) is 6.61 Å². The number of piperidine rings is 1. The van der Waals surface area contributed by atoms with E-state index in [1.54, 1.807) is 0 Å². The zero-order chi connectivity index (χ0) is 23.4. The minimum absolute atomic E-state index is 0.00613. The Morgan fingerprint density at radius 2 is 1.88 bits per heavy atom. The first-order chi connectivity index (χ1) is 15.9. The highest BCUT2D eigenvalue weighted by atomic mass is 35.5. The summed E-state index contributed by atoms with van der Waals surface area (Å²) in [5.41, 5.74) is 2.52. The SMILES string of the molecule is CCOc1ccc(CNC(=O)C(C)C2CCN(C(=O)c3cc4cc(Cl)ccc4[nH]3)CC2)cc1. The lowest BCUT2D eigenvalue weighted by molar-refractivity contribution is -0.126. The Morgan fingerprint density at radius 3 is 2.58 bits per heavy atom. The van der Waals surface area contributed by atoms with Crippen molar-refractivity contribution >= 4 is 34.3 Å². The Kier molecular flexibility index (Phi) is 7.23. The van der Waals surface area contributed by atoms with Crippen LogP contribution in [0.25, 0.3) is 10.9 Å². The summed E-state index contributed by atoms with van der Waals surface area (Å²) in [7, 11) is 0. The number of H-pyrrole nitrogens is 1. The van der Waals surface area contributed by atoms with Gasteiger partial charge in [-0.2, -0.15) is 0 Å². The molecule has 0 radical (unpaired) electrons. The Hall–Kier alpha value is -2.99. The molecule has 0 spiro atoms. The van der Waals surface area contributed by atoms with Crippen LogP contribution in [0, 0.1) is 11.8 Å². The van der Waals surface area contributed by atoms with E-state index in [2.05, 4.69) is 10.3 Å². The van der Waals surface area contributed by atoms with Gasteiger partial charge in [-0.15, -0.1) is 0 Å². The van der Waals surface area contributed by atoms with Crippen molar-refractivity contribution in [2.24, 2.45) is 11.8 Å². The summed E-state index contributed by atoms with van der Waals surface area (Å²) in [6, 6.07) is 15.2. The van der Waals surface area contributed by atoms with E-state index < -0.39 is 0 Å². The highest BCUT2D eigenvalue weighted by molar-refractivity contribution is 6.31. The maximum atomic E-state index is 13.0. The molecule has 1 fully saturated rings. The topological polar surface area (TPSA) is 74.4 Å². The lowest BCUT2D eigenvalue weighted by atomic mass is 9.84. The number of amides is 2. The van der Waals surface area contributed by atoms with Gasteiger partial charge in [-0.05, 0) is 67.6 Å². The number of rotatable bonds is 7. The van der Waals surface area contributed by atoms with E-state index in [0.29, 0.717) is 37.0 Å². The van der Waals surface area contributed by atoms with Crippen LogP contribution in [0.1, 0.15) is 42.7 Å². The van der Waals surface area contributed by atoms with E-state index in [9.17, 15) is 9.59 Å². The standard InChI is InChI=1S/C26H30ClN3O3/c1-3-33-22-7-4-18(5-8-22)16-28-25(31)17(2)19-10-12-30(13-11-19)26(32)24-15-20-14-21(27)6-9-23(20)29-24/h4-9,14-15,17,19,29H,3,10-13,16H2,1-2H3,(H,28,31). The molecule has 3 aromatic rings. The molecule has 1 aliphatic rings. The highest BCUT2D eigenvalue weighted by Crippen LogP contribution is 2.27. The molecule has 1 aliphatic heterocycles. The number of carbonyl (C=O) groups excluding carboxylic acids is 2. The fourth-order valence-corrected chi connectivity index (χ4v) is 4.61. The Labute approximate surface area is 199 Å². The molecule has 1 unspecified atom stereocenters. The quantitative estimate of drug-likeness (QED) is 0.512. The maximum Gasteiger partial charge on any atom is 0.270 e. The second kappa shape index (κ2) is 10.3. The summed E-state index contributed by atoms with van der Waals surface area (Å²) >= 11 is 6.06. The number of aromatic amines is 1. The van der Waals surface area contributed by atoms with Gasteiger partial charge in [0.2, 0.25) is 5.91 Å². The lowest BCUT2D eigenvalue weighted by Crippen LogP contribution is -2.42. The molecule has 0 saturated carbocycles. The van der Waals surface area contributed by atoms with Crippen molar-refractivity contribution in [3.8, 4) is 5.75 Å². The van der Waals surface area contributed by atoms with Crippen molar-refractivity contribution in [2.75, 3.05) is 19.7 Å². The third-order valence-electron chi connectivity index (χ3n) is 6.46. The number of fused-ring (bicyclic) bond motifs is 1. The van der Waals surface area contributed by atoms with E-state index in [-0.39, 0.29) is 23.7 Å². The van der Waals surface area contributed by atoms with Gasteiger partial charge in [0.15, 0.2) is 0 Å². The van der Waals surface area contributed by atoms with Gasteiger partial charge in [0, 0.05) is 41.5 Å². The summed E-state index contributed by atoms with van der Waals surface area (Å²) in [6.07, 6.45) is 1.63. The molecule has 1 saturated heterocycles. The molecule has 1 atom stereocenters. The average Bonchev–Trinajstić information content (AvgIpc) is 3.26. The molecule has 33 heavy (non-hydrogen) atoms. The number of benzene rings is 2. The lowest BCUT2D eigenvalue weighted by Gasteiger charge is -2.34. The summed E-state index contributed by atoms with van der Waals surface area (Å²) in [6.45, 7) is 6.36. The number of ether oxygens (including phenoxy) is 1. The van der Waals surface area contributed by atoms with Crippen molar-refractivity contribution in [3.05, 3.63) is 64.8 Å². The molecule has 0 aliphatic carbocycles. The number of aromatic nitrogens is 1. The molecular formula is C26H30ClN3O3. The van der Waals surface area contributed by atoms with Crippen molar-refractivity contribution in [3.63, 3.8) is 0 Å². The summed E-state index contributed by atoms with van der Waals surface area (Å²) in [5.74, 6) is 1.05. The zero-order valence-electron chi connectivity index (χ0n) is 19.1. The molecule has 0 bridgehead atoms. The monoisotopic (exact) mass is 467 g/mol. The second-order valence-electron chi connectivity index (χ2n) is 8.63. The summed E-state index contributed by atoms with van der Waals surface area (Å²) in [5, 5.41) is 4.63. The van der Waals surface area contributed by atoms with E-state index >= 15 is 0 Å². The second-order valence-corrected chi connectivity index (χ2v) is 9.06. The Balaban J connectivity index is 1.27. The number of likely N-dealkylation sites (tertiary alicyclic amines) is 1. The number of nitrogens with zero attached hydrogens (tertiary/aromatic N) is 1. The minimum Gasteiger partial charge on any atom is -0.494 e. The normalized spacial score (nSPS) is 15.4. The third-order valence-corrected chi connectivity index (χ3v) is 6.70. The van der Waals surface area contributed by atoms with Gasteiger partial charge in [-0.3, -0.25) is 9.59 Å². The number of hydrogen-bond donors (Lipinski definition) is 2. The van der Waals surface area contributed by atoms with E-state index in [0.717, 1.165) is 35.1 Å². The zero-order valence-corrected chi connectivity index (χ0v) is 19.8. The number of hydrogen-bond acceptors (Lipinski definition) is 3. The third kappa shape index (κ3) is 5.50. The first-order valence-electron chi connectivity index (χ1n) is 11.5. The van der Waals surface area contributed by atoms with Crippen LogP contribution in [0.15, 0.2) is 48.5 Å². The van der Waals surface area contributed by atoms with Gasteiger partial charge in [-0.25, -0.2) is 0 Å². The number of halogens is 1. The van der Waals surface area contributed by atoms with Crippen LogP contribution in [0.5, 0.6) is 5.75 Å². The molecule has 2 N–H and O–H groups in total. The molecule has 2 amide bonds. The van der Waals surface area contributed by atoms with Crippen molar-refractivity contribution < 1.29 is 14.3 Å². The van der Waals surface area contributed by atoms with Crippen LogP contribution in [-0.2, 0) is 11.3 Å². The maximum absolute atomic E-state index is 13.0. The summed E-state index contributed by atoms with van der Waals surface area (Å²) in [4.78, 5) is 30.7. The average molecular weight is 468 g/mol. The van der Waals surface area contributed by atoms with Crippen LogP contribution >= 0.6 is 11.6 Å². The number of carbonyl (C=O) groups is 2. The van der Waals surface area contributed by atoms with Gasteiger partial charge in [0.25, 0.3) is 5.91 Å². The summed E-state index contributed by atoms with van der Waals surface area (Å²) < 4.78 is 5.46. The van der Waals surface area contributed by atoms with Crippen molar-refractivity contribution in [2.45, 2.75) is 33.2 Å². The molecule has 1 aromatic heterocycles. The van der Waals surface area contributed by atoms with E-state index in [4.69, 9.17) is 16.3 Å². The first-order valence-corrected chi connectivity index (χ1v) is 11.9. The Bertz CT molecular complexity index is 1120. The van der Waals surface area contributed by atoms with Crippen LogP contribution in [0.4, 0.5) is 0 Å². The first kappa shape index (κ1) is 23.2. The van der Waals surface area contributed by atoms with Crippen LogP contribution < -0.4 is 10.1 Å².